The van der Waals surface area contributed by atoms with Crippen LogP contribution in [0.2, 0.25) is 0 Å². The van der Waals surface area contributed by atoms with Gasteiger partial charge in [0.05, 0.1) is 12.3 Å². The molecule has 0 bridgehead atoms. The Labute approximate surface area is 108 Å². The number of nitrogens with zero attached hydrogens (tertiary/aromatic N) is 2. The van der Waals surface area contributed by atoms with Crippen LogP contribution in [0.4, 0.5) is 0 Å². The molecule has 0 radical (unpaired) electrons. The summed E-state index contributed by atoms with van der Waals surface area (Å²) in [6, 6.07) is 0. The van der Waals surface area contributed by atoms with Crippen LogP contribution in [0.3, 0.4) is 0 Å². The number of aryl methyl sites for hydroxylation is 2. The lowest BCUT2D eigenvalue weighted by Gasteiger charge is -2.22. The van der Waals surface area contributed by atoms with Crippen molar-refractivity contribution in [2.24, 2.45) is 5.73 Å². The summed E-state index contributed by atoms with van der Waals surface area (Å²) >= 11 is 0. The quantitative estimate of drug-likeness (QED) is 0.807. The highest BCUT2D eigenvalue weighted by Crippen LogP contribution is 2.15. The molecule has 0 fully saturated rings. The maximum absolute atomic E-state index is 11.7. The van der Waals surface area contributed by atoms with E-state index in [1.165, 1.54) is 5.56 Å². The lowest BCUT2D eigenvalue weighted by atomic mass is 10.00. The first-order chi connectivity index (χ1) is 8.29. The lowest BCUT2D eigenvalue weighted by molar-refractivity contribution is -0.149. The number of esters is 1. The number of ether oxygens (including phenoxy) is 1. The van der Waals surface area contributed by atoms with E-state index >= 15 is 0 Å². The van der Waals surface area contributed by atoms with Gasteiger partial charge in [-0.3, -0.25) is 9.48 Å². The second kappa shape index (κ2) is 5.52. The predicted octanol–water partition coefficient (Wildman–Crippen LogP) is 1.48. The van der Waals surface area contributed by atoms with Gasteiger partial charge in [-0.15, -0.1) is 0 Å². The first-order valence-corrected chi connectivity index (χ1v) is 6.26. The van der Waals surface area contributed by atoms with Crippen LogP contribution in [0, 0.1) is 20.8 Å². The minimum Gasteiger partial charge on any atom is -0.465 e. The number of hydrogen-bond donors (Lipinski definition) is 1. The monoisotopic (exact) mass is 253 g/mol. The van der Waals surface area contributed by atoms with E-state index in [9.17, 15) is 4.79 Å². The Hall–Kier alpha value is -1.36. The fourth-order valence-electron chi connectivity index (χ4n) is 1.74. The molecule has 18 heavy (non-hydrogen) atoms. The van der Waals surface area contributed by atoms with Crippen molar-refractivity contribution < 1.29 is 9.53 Å². The van der Waals surface area contributed by atoms with Gasteiger partial charge >= 0.3 is 5.97 Å². The molecule has 0 aromatic carbocycles. The maximum Gasteiger partial charge on any atom is 0.325 e. The van der Waals surface area contributed by atoms with E-state index < -0.39 is 5.54 Å². The fraction of sp³-hybridized carbons (Fsp3) is 0.692. The zero-order valence-electron chi connectivity index (χ0n) is 11.9. The Bertz CT molecular complexity index is 436. The van der Waals surface area contributed by atoms with Crippen molar-refractivity contribution in [3.8, 4) is 0 Å². The molecule has 0 saturated heterocycles. The third-order valence-electron chi connectivity index (χ3n) is 3.33. The Morgan fingerprint density at radius 2 is 2.06 bits per heavy atom. The maximum atomic E-state index is 11.7. The highest BCUT2D eigenvalue weighted by Gasteiger charge is 2.29. The minimum atomic E-state index is -0.962. The summed E-state index contributed by atoms with van der Waals surface area (Å²) in [5.41, 5.74) is 8.33. The molecule has 0 saturated carbocycles. The molecule has 1 unspecified atom stereocenters. The molecule has 5 nitrogen and oxygen atoms in total. The van der Waals surface area contributed by atoms with E-state index in [2.05, 4.69) is 5.10 Å². The molecule has 5 heteroatoms. The summed E-state index contributed by atoms with van der Waals surface area (Å²) < 4.78 is 6.86. The van der Waals surface area contributed by atoms with Crippen LogP contribution >= 0.6 is 0 Å². The molecule has 0 amide bonds. The van der Waals surface area contributed by atoms with E-state index in [-0.39, 0.29) is 5.97 Å². The van der Waals surface area contributed by atoms with Gasteiger partial charge in [0, 0.05) is 12.2 Å². The molecular weight excluding hydrogens is 230 g/mol. The summed E-state index contributed by atoms with van der Waals surface area (Å²) in [5.74, 6) is -0.358. The Kier molecular flexibility index (Phi) is 4.51. The molecule has 1 heterocycles. The van der Waals surface area contributed by atoms with Crippen molar-refractivity contribution in [2.75, 3.05) is 6.61 Å². The highest BCUT2D eigenvalue weighted by molar-refractivity contribution is 5.79. The zero-order chi connectivity index (χ0) is 13.9. The number of nitrogens with two attached hydrogens (primary N) is 1. The topological polar surface area (TPSA) is 70.1 Å². The van der Waals surface area contributed by atoms with Gasteiger partial charge in [0.25, 0.3) is 0 Å². The van der Waals surface area contributed by atoms with Gasteiger partial charge in [0.1, 0.15) is 5.54 Å². The second-order valence-electron chi connectivity index (χ2n) is 4.91. The molecule has 0 aliphatic carbocycles. The molecule has 1 aromatic rings. The molecule has 0 aliphatic heterocycles. The molecule has 0 aliphatic rings. The van der Waals surface area contributed by atoms with Crippen molar-refractivity contribution in [2.45, 2.75) is 53.1 Å². The van der Waals surface area contributed by atoms with Gasteiger partial charge in [-0.2, -0.15) is 5.10 Å². The molecule has 1 atom stereocenters. The third-order valence-corrected chi connectivity index (χ3v) is 3.33. The molecule has 102 valence electrons. The molecule has 0 spiro atoms. The van der Waals surface area contributed by atoms with Gasteiger partial charge in [0.2, 0.25) is 0 Å². The normalized spacial score (nSPS) is 14.3. The Balaban J connectivity index is 2.69. The second-order valence-corrected chi connectivity index (χ2v) is 4.91. The van der Waals surface area contributed by atoms with Crippen molar-refractivity contribution in [1.82, 2.24) is 9.78 Å². The van der Waals surface area contributed by atoms with Crippen LogP contribution in [-0.2, 0) is 16.1 Å². The molecule has 1 rings (SSSR count). The van der Waals surface area contributed by atoms with Crippen molar-refractivity contribution in [3.05, 3.63) is 17.0 Å². The summed E-state index contributed by atoms with van der Waals surface area (Å²) in [6.07, 6.45) is 0.507. The first-order valence-electron chi connectivity index (χ1n) is 6.26. The van der Waals surface area contributed by atoms with E-state index in [0.717, 1.165) is 11.4 Å². The van der Waals surface area contributed by atoms with Gasteiger partial charge in [0.15, 0.2) is 0 Å². The highest BCUT2D eigenvalue weighted by atomic mass is 16.5. The van der Waals surface area contributed by atoms with Gasteiger partial charge in [-0.05, 0) is 46.6 Å². The standard InChI is InChI=1S/C13H23N3O2/c1-6-18-12(17)13(5,14)7-8-16-11(4)9(2)10(3)15-16/h6-8,14H2,1-5H3. The minimum absolute atomic E-state index is 0.352. The number of carbonyl (C=O) groups excluding carboxylic acids is 1. The molecular formula is C13H23N3O2. The van der Waals surface area contributed by atoms with Crippen molar-refractivity contribution in [1.29, 1.82) is 0 Å². The molecule has 1 aromatic heterocycles. The SMILES string of the molecule is CCOC(=O)C(C)(N)CCn1nc(C)c(C)c1C. The number of rotatable bonds is 5. The summed E-state index contributed by atoms with van der Waals surface area (Å²) in [6.45, 7) is 10.5. The fourth-order valence-corrected chi connectivity index (χ4v) is 1.74. The number of carbonyl (C=O) groups is 1. The zero-order valence-corrected chi connectivity index (χ0v) is 11.9. The van der Waals surface area contributed by atoms with E-state index in [0.29, 0.717) is 19.6 Å². The lowest BCUT2D eigenvalue weighted by Crippen LogP contribution is -2.47. The summed E-state index contributed by atoms with van der Waals surface area (Å²) in [5, 5.41) is 4.43. The van der Waals surface area contributed by atoms with Crippen molar-refractivity contribution >= 4 is 5.97 Å². The van der Waals surface area contributed by atoms with Crippen LogP contribution in [-0.4, -0.2) is 27.9 Å². The Morgan fingerprint density at radius 3 is 2.50 bits per heavy atom. The average Bonchev–Trinajstić information content (AvgIpc) is 2.54. The van der Waals surface area contributed by atoms with E-state index in [1.54, 1.807) is 13.8 Å². The Morgan fingerprint density at radius 1 is 1.44 bits per heavy atom. The predicted molar refractivity (Wildman–Crippen MR) is 70.3 cm³/mol. The first kappa shape index (κ1) is 14.7. The van der Waals surface area contributed by atoms with Gasteiger partial charge < -0.3 is 10.5 Å². The van der Waals surface area contributed by atoms with Crippen LogP contribution in [0.5, 0.6) is 0 Å². The van der Waals surface area contributed by atoms with Crippen LogP contribution in [0.25, 0.3) is 0 Å². The van der Waals surface area contributed by atoms with Crippen LogP contribution < -0.4 is 5.73 Å². The summed E-state index contributed by atoms with van der Waals surface area (Å²) in [4.78, 5) is 11.7. The van der Waals surface area contributed by atoms with E-state index in [4.69, 9.17) is 10.5 Å². The van der Waals surface area contributed by atoms with E-state index in [1.807, 2.05) is 25.5 Å². The largest absolute Gasteiger partial charge is 0.465 e. The number of hydrogen-bond acceptors (Lipinski definition) is 4. The average molecular weight is 253 g/mol. The van der Waals surface area contributed by atoms with Crippen molar-refractivity contribution in [3.63, 3.8) is 0 Å². The third kappa shape index (κ3) is 3.10. The molecule has 2 N–H and O–H groups in total. The van der Waals surface area contributed by atoms with Crippen LogP contribution in [0.15, 0.2) is 0 Å². The van der Waals surface area contributed by atoms with Gasteiger partial charge in [-0.1, -0.05) is 0 Å². The van der Waals surface area contributed by atoms with Gasteiger partial charge in [-0.25, -0.2) is 0 Å². The smallest absolute Gasteiger partial charge is 0.325 e. The summed E-state index contributed by atoms with van der Waals surface area (Å²) in [7, 11) is 0. The number of aromatic nitrogens is 2. The van der Waals surface area contributed by atoms with Crippen LogP contribution in [0.1, 0.15) is 37.2 Å².